The van der Waals surface area contributed by atoms with Crippen LogP contribution < -0.4 is 11.1 Å². The average Bonchev–Trinajstić information content (AvgIpc) is 3.28. The van der Waals surface area contributed by atoms with E-state index < -0.39 is 0 Å². The molecule has 0 atom stereocenters. The summed E-state index contributed by atoms with van der Waals surface area (Å²) in [6, 6.07) is 14.4. The van der Waals surface area contributed by atoms with Crippen LogP contribution in [-0.4, -0.2) is 25.1 Å². The van der Waals surface area contributed by atoms with E-state index in [-0.39, 0.29) is 0 Å². The van der Waals surface area contributed by atoms with Crippen molar-refractivity contribution >= 4 is 39.3 Å². The summed E-state index contributed by atoms with van der Waals surface area (Å²) >= 11 is 0. The molecule has 0 bridgehead atoms. The summed E-state index contributed by atoms with van der Waals surface area (Å²) < 4.78 is 0. The van der Waals surface area contributed by atoms with E-state index in [9.17, 15) is 0 Å². The highest BCUT2D eigenvalue weighted by molar-refractivity contribution is 5.84. The Bertz CT molecular complexity index is 1300. The van der Waals surface area contributed by atoms with E-state index in [0.29, 0.717) is 18.2 Å². The molecule has 3 heterocycles. The maximum absolute atomic E-state index is 6.19. The van der Waals surface area contributed by atoms with Crippen LogP contribution in [-0.2, 0) is 6.42 Å². The average molecular weight is 369 g/mol. The molecule has 3 aromatic heterocycles. The van der Waals surface area contributed by atoms with Crippen molar-refractivity contribution < 1.29 is 0 Å². The highest BCUT2D eigenvalue weighted by Gasteiger charge is 2.08. The molecule has 5 N–H and O–H groups in total. The standard InChI is InChI=1S/C21H19N7/c1-12-6-14-9-17(3-5-18(14)25-12)26-21-23-10-16(20(22)27-21)8-13-2-4-19-15(7-13)11-24-28-19/h2-7,9-11,25H,8H2,1H3,(H,24,28)(H3,22,23,26,27). The number of benzene rings is 2. The number of nitrogens with two attached hydrogens (primary N) is 1. The van der Waals surface area contributed by atoms with Gasteiger partial charge < -0.3 is 16.0 Å². The van der Waals surface area contributed by atoms with Crippen LogP contribution in [0.1, 0.15) is 16.8 Å². The molecule has 5 rings (SSSR count). The van der Waals surface area contributed by atoms with Crippen LogP contribution in [0, 0.1) is 6.92 Å². The number of nitrogens with zero attached hydrogens (tertiary/aromatic N) is 3. The van der Waals surface area contributed by atoms with E-state index >= 15 is 0 Å². The minimum absolute atomic E-state index is 0.475. The Morgan fingerprint density at radius 1 is 1.00 bits per heavy atom. The molecule has 0 fully saturated rings. The van der Waals surface area contributed by atoms with Crippen molar-refractivity contribution in [2.45, 2.75) is 13.3 Å². The second-order valence-corrected chi connectivity index (χ2v) is 6.95. The number of aromatic nitrogens is 5. The first-order chi connectivity index (χ1) is 13.6. The maximum atomic E-state index is 6.19. The van der Waals surface area contributed by atoms with Gasteiger partial charge in [0.2, 0.25) is 5.95 Å². The zero-order valence-electron chi connectivity index (χ0n) is 15.3. The van der Waals surface area contributed by atoms with Crippen LogP contribution in [0.2, 0.25) is 0 Å². The zero-order valence-corrected chi connectivity index (χ0v) is 15.3. The lowest BCUT2D eigenvalue weighted by Crippen LogP contribution is -2.04. The van der Waals surface area contributed by atoms with Gasteiger partial charge in [-0.15, -0.1) is 0 Å². The Morgan fingerprint density at radius 2 is 1.89 bits per heavy atom. The van der Waals surface area contributed by atoms with Gasteiger partial charge in [0.25, 0.3) is 0 Å². The fourth-order valence-corrected chi connectivity index (χ4v) is 3.42. The summed E-state index contributed by atoms with van der Waals surface area (Å²) in [4.78, 5) is 12.2. The molecule has 2 aromatic carbocycles. The number of H-pyrrole nitrogens is 2. The number of nitrogens with one attached hydrogen (secondary N) is 3. The van der Waals surface area contributed by atoms with Gasteiger partial charge in [-0.2, -0.15) is 10.1 Å². The molecule has 5 aromatic rings. The number of fused-ring (bicyclic) bond motifs is 2. The summed E-state index contributed by atoms with van der Waals surface area (Å²) in [6.07, 6.45) is 4.26. The highest BCUT2D eigenvalue weighted by Crippen LogP contribution is 2.23. The minimum Gasteiger partial charge on any atom is -0.383 e. The van der Waals surface area contributed by atoms with Crippen LogP contribution in [0.4, 0.5) is 17.5 Å². The van der Waals surface area contributed by atoms with Crippen molar-refractivity contribution in [2.75, 3.05) is 11.1 Å². The molecule has 0 aliphatic heterocycles. The quantitative estimate of drug-likeness (QED) is 0.382. The normalized spacial score (nSPS) is 11.3. The van der Waals surface area contributed by atoms with Crippen molar-refractivity contribution in [3.63, 3.8) is 0 Å². The van der Waals surface area contributed by atoms with Crippen molar-refractivity contribution in [1.29, 1.82) is 0 Å². The lowest BCUT2D eigenvalue weighted by atomic mass is 10.1. The summed E-state index contributed by atoms with van der Waals surface area (Å²) in [7, 11) is 0. The van der Waals surface area contributed by atoms with Gasteiger partial charge in [-0.3, -0.25) is 5.10 Å². The summed E-state index contributed by atoms with van der Waals surface area (Å²) in [5, 5.41) is 12.5. The molecular weight excluding hydrogens is 350 g/mol. The predicted octanol–water partition coefficient (Wildman–Crippen LogP) is 4.06. The van der Waals surface area contributed by atoms with E-state index in [1.165, 1.54) is 0 Å². The van der Waals surface area contributed by atoms with Crippen LogP contribution in [0.5, 0.6) is 0 Å². The molecule has 0 aliphatic rings. The topological polar surface area (TPSA) is 108 Å². The Balaban J connectivity index is 1.37. The summed E-state index contributed by atoms with van der Waals surface area (Å²) in [6.45, 7) is 2.04. The zero-order chi connectivity index (χ0) is 19.1. The third-order valence-electron chi connectivity index (χ3n) is 4.81. The monoisotopic (exact) mass is 369 g/mol. The number of hydrogen-bond acceptors (Lipinski definition) is 5. The lowest BCUT2D eigenvalue weighted by molar-refractivity contribution is 1.09. The second kappa shape index (κ2) is 6.38. The van der Waals surface area contributed by atoms with Crippen molar-refractivity contribution in [1.82, 2.24) is 25.1 Å². The number of hydrogen-bond donors (Lipinski definition) is 4. The van der Waals surface area contributed by atoms with Crippen LogP contribution >= 0.6 is 0 Å². The molecule has 0 saturated carbocycles. The number of nitrogen functional groups attached to an aromatic ring is 1. The van der Waals surface area contributed by atoms with Crippen LogP contribution in [0.15, 0.2) is 54.9 Å². The molecular formula is C21H19N7. The third kappa shape index (κ3) is 3.03. The fraction of sp³-hybridized carbons (Fsp3) is 0.0952. The van der Waals surface area contributed by atoms with Crippen molar-refractivity contribution in [3.05, 3.63) is 71.7 Å². The van der Waals surface area contributed by atoms with Crippen LogP contribution in [0.3, 0.4) is 0 Å². The largest absolute Gasteiger partial charge is 0.383 e. The molecule has 0 amide bonds. The van der Waals surface area contributed by atoms with Gasteiger partial charge in [-0.1, -0.05) is 6.07 Å². The molecule has 0 unspecified atom stereocenters. The predicted molar refractivity (Wildman–Crippen MR) is 112 cm³/mol. The van der Waals surface area contributed by atoms with E-state index in [0.717, 1.165) is 44.3 Å². The summed E-state index contributed by atoms with van der Waals surface area (Å²) in [5.74, 6) is 0.960. The van der Waals surface area contributed by atoms with Crippen molar-refractivity contribution in [3.8, 4) is 0 Å². The third-order valence-corrected chi connectivity index (χ3v) is 4.81. The SMILES string of the molecule is Cc1cc2cc(Nc3ncc(Cc4ccc5[nH]ncc5c4)c(N)n3)ccc2[nH]1. The number of aryl methyl sites for hydroxylation is 1. The van der Waals surface area contributed by atoms with Gasteiger partial charge in [0.1, 0.15) is 5.82 Å². The van der Waals surface area contributed by atoms with E-state index in [1.54, 1.807) is 6.20 Å². The van der Waals surface area contributed by atoms with Crippen molar-refractivity contribution in [2.24, 2.45) is 0 Å². The molecule has 0 saturated heterocycles. The second-order valence-electron chi connectivity index (χ2n) is 6.95. The molecule has 7 heteroatoms. The molecule has 0 radical (unpaired) electrons. The number of aromatic amines is 2. The van der Waals surface area contributed by atoms with Gasteiger partial charge in [0.15, 0.2) is 0 Å². The number of rotatable bonds is 4. The molecule has 138 valence electrons. The fourth-order valence-electron chi connectivity index (χ4n) is 3.42. The first kappa shape index (κ1) is 16.3. The van der Waals surface area contributed by atoms with Gasteiger partial charge in [-0.05, 0) is 48.9 Å². The van der Waals surface area contributed by atoms with Gasteiger partial charge >= 0.3 is 0 Å². The Labute approximate surface area is 161 Å². The molecule has 0 aliphatic carbocycles. The number of anilines is 3. The molecule has 28 heavy (non-hydrogen) atoms. The van der Waals surface area contributed by atoms with Gasteiger partial charge in [-0.25, -0.2) is 4.98 Å². The summed E-state index contributed by atoms with van der Waals surface area (Å²) in [5.41, 5.74) is 12.4. The van der Waals surface area contributed by atoms with E-state index in [1.807, 2.05) is 31.3 Å². The minimum atomic E-state index is 0.475. The van der Waals surface area contributed by atoms with Gasteiger partial charge in [0.05, 0.1) is 11.7 Å². The molecule has 0 spiro atoms. The van der Waals surface area contributed by atoms with E-state index in [2.05, 4.69) is 54.7 Å². The molecule has 7 nitrogen and oxygen atoms in total. The Morgan fingerprint density at radius 3 is 2.79 bits per heavy atom. The lowest BCUT2D eigenvalue weighted by Gasteiger charge is -2.09. The Hall–Kier alpha value is -3.87. The van der Waals surface area contributed by atoms with E-state index in [4.69, 9.17) is 5.73 Å². The smallest absolute Gasteiger partial charge is 0.229 e. The maximum Gasteiger partial charge on any atom is 0.229 e. The van der Waals surface area contributed by atoms with Crippen LogP contribution in [0.25, 0.3) is 21.8 Å². The highest BCUT2D eigenvalue weighted by atomic mass is 15.1. The first-order valence-electron chi connectivity index (χ1n) is 9.04. The van der Waals surface area contributed by atoms with Gasteiger partial charge in [0, 0.05) is 45.9 Å². The Kier molecular flexibility index (Phi) is 3.72. The first-order valence-corrected chi connectivity index (χ1v) is 9.04.